The Morgan fingerprint density at radius 3 is 2.48 bits per heavy atom. The van der Waals surface area contributed by atoms with Gasteiger partial charge in [0.25, 0.3) is 0 Å². The molecule has 1 N–H and O–H groups in total. The van der Waals surface area contributed by atoms with Crippen LogP contribution in [0.1, 0.15) is 49.4 Å². The van der Waals surface area contributed by atoms with Gasteiger partial charge in [-0.25, -0.2) is 4.39 Å². The van der Waals surface area contributed by atoms with Gasteiger partial charge in [0.2, 0.25) is 0 Å². The molecule has 27 heavy (non-hydrogen) atoms. The number of fused-ring (bicyclic) bond motifs is 1. The lowest BCUT2D eigenvalue weighted by molar-refractivity contribution is -0.137. The van der Waals surface area contributed by atoms with Gasteiger partial charge in [-0.3, -0.25) is 4.79 Å². The monoisotopic (exact) mass is 387 g/mol. The first kappa shape index (κ1) is 19.4. The molecule has 0 spiro atoms. The highest BCUT2D eigenvalue weighted by Gasteiger charge is 2.24. The van der Waals surface area contributed by atoms with Gasteiger partial charge in [0, 0.05) is 34.1 Å². The zero-order chi connectivity index (χ0) is 19.6. The van der Waals surface area contributed by atoms with Gasteiger partial charge in [-0.2, -0.15) is 0 Å². The smallest absolute Gasteiger partial charge is 0.304 e. The topological polar surface area (TPSA) is 42.2 Å². The molecule has 3 nitrogen and oxygen atoms in total. The van der Waals surface area contributed by atoms with Crippen LogP contribution >= 0.6 is 11.6 Å². The first-order valence-electron chi connectivity index (χ1n) is 9.21. The lowest BCUT2D eigenvalue weighted by Crippen LogP contribution is -2.13. The molecule has 142 valence electrons. The van der Waals surface area contributed by atoms with E-state index in [1.54, 1.807) is 12.1 Å². The molecule has 0 fully saturated rings. The van der Waals surface area contributed by atoms with Gasteiger partial charge < -0.3 is 9.67 Å². The van der Waals surface area contributed by atoms with Crippen molar-refractivity contribution in [2.24, 2.45) is 0 Å². The molecule has 1 heterocycles. The zero-order valence-corrected chi connectivity index (χ0v) is 16.3. The van der Waals surface area contributed by atoms with Crippen LogP contribution < -0.4 is 0 Å². The molecule has 0 aliphatic rings. The summed E-state index contributed by atoms with van der Waals surface area (Å²) in [6, 6.07) is 12.4. The second-order valence-electron chi connectivity index (χ2n) is 6.79. The molecule has 0 radical (unpaired) electrons. The van der Waals surface area contributed by atoms with Crippen LogP contribution in [-0.2, 0) is 17.8 Å². The van der Waals surface area contributed by atoms with Gasteiger partial charge >= 0.3 is 5.97 Å². The third-order valence-electron chi connectivity index (χ3n) is 5.08. The van der Waals surface area contributed by atoms with E-state index in [-0.39, 0.29) is 18.2 Å². The number of nitrogens with zero attached hydrogens (tertiary/aromatic N) is 1. The van der Waals surface area contributed by atoms with Crippen molar-refractivity contribution in [3.05, 3.63) is 70.1 Å². The second kappa shape index (κ2) is 8.13. The summed E-state index contributed by atoms with van der Waals surface area (Å²) in [4.78, 5) is 11.4. The van der Waals surface area contributed by atoms with E-state index in [0.29, 0.717) is 18.0 Å². The number of rotatable bonds is 7. The van der Waals surface area contributed by atoms with E-state index in [4.69, 9.17) is 11.6 Å². The van der Waals surface area contributed by atoms with Crippen molar-refractivity contribution in [1.29, 1.82) is 0 Å². The van der Waals surface area contributed by atoms with E-state index in [2.05, 4.69) is 4.57 Å². The summed E-state index contributed by atoms with van der Waals surface area (Å²) in [6.07, 6.45) is 1.49. The number of carboxylic acid groups (broad SMARTS) is 1. The van der Waals surface area contributed by atoms with Crippen molar-refractivity contribution < 1.29 is 14.3 Å². The van der Waals surface area contributed by atoms with E-state index in [0.717, 1.165) is 34.1 Å². The Hall–Kier alpha value is -2.33. The van der Waals surface area contributed by atoms with Crippen LogP contribution in [0.25, 0.3) is 10.9 Å². The zero-order valence-electron chi connectivity index (χ0n) is 15.5. The maximum absolute atomic E-state index is 13.9. The number of aryl methyl sites for hydroxylation is 1. The number of aromatic nitrogens is 1. The van der Waals surface area contributed by atoms with Crippen molar-refractivity contribution in [2.45, 2.75) is 45.6 Å². The summed E-state index contributed by atoms with van der Waals surface area (Å²) in [5, 5.41) is 10.9. The molecule has 0 aliphatic carbocycles. The molecule has 3 rings (SSSR count). The summed E-state index contributed by atoms with van der Waals surface area (Å²) in [6.45, 7) is 4.62. The number of benzene rings is 2. The van der Waals surface area contributed by atoms with Gasteiger partial charge in [-0.1, -0.05) is 37.6 Å². The molecule has 0 saturated heterocycles. The number of aliphatic carboxylic acids is 1. The predicted molar refractivity (Wildman–Crippen MR) is 107 cm³/mol. The minimum atomic E-state index is -0.821. The molecule has 1 atom stereocenters. The van der Waals surface area contributed by atoms with Gasteiger partial charge in [-0.15, -0.1) is 0 Å². The number of carboxylic acids is 1. The third kappa shape index (κ3) is 4.01. The van der Waals surface area contributed by atoms with Crippen LogP contribution in [0.2, 0.25) is 5.02 Å². The van der Waals surface area contributed by atoms with Crippen molar-refractivity contribution in [1.82, 2.24) is 4.57 Å². The van der Waals surface area contributed by atoms with Crippen LogP contribution in [-0.4, -0.2) is 15.6 Å². The van der Waals surface area contributed by atoms with E-state index in [9.17, 15) is 14.3 Å². The Morgan fingerprint density at radius 1 is 1.19 bits per heavy atom. The number of hydrogen-bond acceptors (Lipinski definition) is 1. The van der Waals surface area contributed by atoms with Gasteiger partial charge in [-0.05, 0) is 54.3 Å². The van der Waals surface area contributed by atoms with Gasteiger partial charge in [0.05, 0.1) is 6.42 Å². The Labute approximate surface area is 163 Å². The minimum Gasteiger partial charge on any atom is -0.481 e. The molecular weight excluding hydrogens is 365 g/mol. The molecule has 0 bridgehead atoms. The van der Waals surface area contributed by atoms with Crippen LogP contribution in [0.4, 0.5) is 4.39 Å². The average molecular weight is 388 g/mol. The van der Waals surface area contributed by atoms with Crippen molar-refractivity contribution in [3.8, 4) is 0 Å². The SMILES string of the molecule is CCc1c(C(CC)CC(=O)O)n(Cc2ccc(Cl)cc2)c2ccc(F)cc12. The fourth-order valence-electron chi connectivity index (χ4n) is 3.84. The lowest BCUT2D eigenvalue weighted by Gasteiger charge is -2.19. The Balaban J connectivity index is 2.22. The van der Waals surface area contributed by atoms with E-state index < -0.39 is 5.97 Å². The predicted octanol–water partition coefficient (Wildman–Crippen LogP) is 6.01. The first-order valence-corrected chi connectivity index (χ1v) is 9.59. The molecule has 5 heteroatoms. The summed E-state index contributed by atoms with van der Waals surface area (Å²) >= 11 is 6.00. The summed E-state index contributed by atoms with van der Waals surface area (Å²) < 4.78 is 16.1. The lowest BCUT2D eigenvalue weighted by atomic mass is 9.93. The fraction of sp³-hybridized carbons (Fsp3) is 0.318. The molecule has 2 aromatic carbocycles. The fourth-order valence-corrected chi connectivity index (χ4v) is 3.97. The van der Waals surface area contributed by atoms with Crippen LogP contribution in [0.5, 0.6) is 0 Å². The van der Waals surface area contributed by atoms with Gasteiger partial charge in [0.1, 0.15) is 5.82 Å². The maximum Gasteiger partial charge on any atom is 0.304 e. The van der Waals surface area contributed by atoms with E-state index in [1.165, 1.54) is 6.07 Å². The van der Waals surface area contributed by atoms with Crippen LogP contribution in [0.15, 0.2) is 42.5 Å². The van der Waals surface area contributed by atoms with Crippen molar-refractivity contribution in [3.63, 3.8) is 0 Å². The quantitative estimate of drug-likeness (QED) is 0.539. The molecule has 1 aromatic heterocycles. The summed E-state index contributed by atoms with van der Waals surface area (Å²) in [7, 11) is 0. The number of carbonyl (C=O) groups is 1. The third-order valence-corrected chi connectivity index (χ3v) is 5.33. The summed E-state index contributed by atoms with van der Waals surface area (Å²) in [5.74, 6) is -1.22. The molecule has 0 saturated carbocycles. The van der Waals surface area contributed by atoms with Crippen molar-refractivity contribution >= 4 is 28.5 Å². The molecule has 3 aromatic rings. The highest BCUT2D eigenvalue weighted by atomic mass is 35.5. The number of halogens is 2. The minimum absolute atomic E-state index is 0.0585. The average Bonchev–Trinajstić information content (AvgIpc) is 2.93. The molecular formula is C22H23ClFNO2. The van der Waals surface area contributed by atoms with Crippen LogP contribution in [0, 0.1) is 5.82 Å². The number of hydrogen-bond donors (Lipinski definition) is 1. The molecule has 0 amide bonds. The molecule has 1 unspecified atom stereocenters. The first-order chi connectivity index (χ1) is 12.9. The van der Waals surface area contributed by atoms with E-state index >= 15 is 0 Å². The highest BCUT2D eigenvalue weighted by molar-refractivity contribution is 6.30. The Kier molecular flexibility index (Phi) is 5.85. The standard InChI is InChI=1S/C22H23ClFNO2/c1-3-15(11-21(26)27)22-18(4-2)19-12-17(24)9-10-20(19)25(22)13-14-5-7-16(23)8-6-14/h5-10,12,15H,3-4,11,13H2,1-2H3,(H,26,27). The molecule has 0 aliphatic heterocycles. The van der Waals surface area contributed by atoms with Crippen molar-refractivity contribution in [2.75, 3.05) is 0 Å². The van der Waals surface area contributed by atoms with E-state index in [1.807, 2.05) is 38.1 Å². The summed E-state index contributed by atoms with van der Waals surface area (Å²) in [5.41, 5.74) is 4.03. The maximum atomic E-state index is 13.9. The largest absolute Gasteiger partial charge is 0.481 e. The second-order valence-corrected chi connectivity index (χ2v) is 7.23. The Bertz CT molecular complexity index is 963. The highest BCUT2D eigenvalue weighted by Crippen LogP contribution is 2.36. The Morgan fingerprint density at radius 2 is 1.89 bits per heavy atom. The van der Waals surface area contributed by atoms with Gasteiger partial charge in [0.15, 0.2) is 0 Å². The normalized spacial score (nSPS) is 12.4. The van der Waals surface area contributed by atoms with Crippen LogP contribution in [0.3, 0.4) is 0 Å².